The Bertz CT molecular complexity index is 877. The summed E-state index contributed by atoms with van der Waals surface area (Å²) in [6.07, 6.45) is 3.24. The van der Waals surface area contributed by atoms with Crippen molar-refractivity contribution >= 4 is 28.9 Å². The lowest BCUT2D eigenvalue weighted by atomic mass is 9.96. The molecule has 1 aromatic rings. The smallest absolute Gasteiger partial charge is 0.339 e. The van der Waals surface area contributed by atoms with Crippen LogP contribution in [-0.4, -0.2) is 60.1 Å². The normalized spacial score (nSPS) is 19.0. The minimum absolute atomic E-state index is 0.168. The molecular formula is C20H21FN2O5. The molecule has 2 aliphatic rings. The molecule has 0 saturated carbocycles. The summed E-state index contributed by atoms with van der Waals surface area (Å²) in [6, 6.07) is 4.54. The molecule has 0 aliphatic carbocycles. The van der Waals surface area contributed by atoms with Crippen LogP contribution in [-0.2, 0) is 19.1 Å². The van der Waals surface area contributed by atoms with Crippen molar-refractivity contribution in [3.05, 3.63) is 47.3 Å². The summed E-state index contributed by atoms with van der Waals surface area (Å²) in [7, 11) is 0. The number of aliphatic hydroxyl groups is 1. The molecule has 28 heavy (non-hydrogen) atoms. The number of amides is 2. The average molecular weight is 388 g/mol. The van der Waals surface area contributed by atoms with Gasteiger partial charge in [-0.1, -0.05) is 18.2 Å². The summed E-state index contributed by atoms with van der Waals surface area (Å²) in [4.78, 5) is 36.1. The third kappa shape index (κ3) is 4.28. The first-order valence-corrected chi connectivity index (χ1v) is 8.94. The van der Waals surface area contributed by atoms with Crippen molar-refractivity contribution in [2.75, 3.05) is 26.2 Å². The number of cyclic esters (lactones) is 1. The van der Waals surface area contributed by atoms with E-state index < -0.39 is 24.5 Å². The van der Waals surface area contributed by atoms with E-state index in [4.69, 9.17) is 9.84 Å². The Morgan fingerprint density at radius 2 is 2.18 bits per heavy atom. The molecule has 2 aliphatic heterocycles. The zero-order valence-electron chi connectivity index (χ0n) is 15.4. The Kier molecular flexibility index (Phi) is 5.89. The third-order valence-electron chi connectivity index (χ3n) is 4.71. The Balaban J connectivity index is 1.75. The van der Waals surface area contributed by atoms with E-state index in [0.717, 1.165) is 5.57 Å². The van der Waals surface area contributed by atoms with Crippen LogP contribution < -0.4 is 5.32 Å². The highest BCUT2D eigenvalue weighted by Gasteiger charge is 2.27. The lowest BCUT2D eigenvalue weighted by molar-refractivity contribution is -0.138. The fourth-order valence-corrected chi connectivity index (χ4v) is 3.23. The van der Waals surface area contributed by atoms with Crippen LogP contribution in [0.25, 0.3) is 11.1 Å². The number of hydrogen-bond donors (Lipinski definition) is 2. The fraction of sp³-hybridized carbons (Fsp3) is 0.350. The van der Waals surface area contributed by atoms with Gasteiger partial charge in [0, 0.05) is 25.6 Å². The first kappa shape index (κ1) is 19.8. The predicted octanol–water partition coefficient (Wildman–Crippen LogP) is 0.879. The second-order valence-corrected chi connectivity index (χ2v) is 6.63. The molecule has 1 aromatic carbocycles. The van der Waals surface area contributed by atoms with Crippen molar-refractivity contribution < 1.29 is 28.6 Å². The quantitative estimate of drug-likeness (QED) is 0.730. The van der Waals surface area contributed by atoms with E-state index in [1.807, 2.05) is 0 Å². The molecule has 148 valence electrons. The minimum atomic E-state index is -0.578. The number of nitrogens with zero attached hydrogens (tertiary/aromatic N) is 1. The van der Waals surface area contributed by atoms with Crippen molar-refractivity contribution in [2.24, 2.45) is 0 Å². The van der Waals surface area contributed by atoms with Crippen LogP contribution in [0, 0.1) is 5.82 Å². The van der Waals surface area contributed by atoms with Crippen molar-refractivity contribution in [1.82, 2.24) is 10.2 Å². The van der Waals surface area contributed by atoms with Gasteiger partial charge in [0.15, 0.2) is 0 Å². The van der Waals surface area contributed by atoms with E-state index in [-0.39, 0.29) is 23.9 Å². The van der Waals surface area contributed by atoms with Crippen molar-refractivity contribution in [1.29, 1.82) is 0 Å². The average Bonchev–Trinajstić information content (AvgIpc) is 3.06. The van der Waals surface area contributed by atoms with Crippen molar-refractivity contribution in [2.45, 2.75) is 19.4 Å². The number of carbonyl (C=O) groups excluding carboxylic acids is 3. The summed E-state index contributed by atoms with van der Waals surface area (Å²) in [5.41, 5.74) is 1.86. The largest absolute Gasteiger partial charge is 0.453 e. The van der Waals surface area contributed by atoms with Gasteiger partial charge in [-0.3, -0.25) is 9.59 Å². The second kappa shape index (κ2) is 8.35. The number of esters is 1. The maximum absolute atomic E-state index is 14.7. The molecule has 8 heteroatoms. The van der Waals surface area contributed by atoms with Crippen LogP contribution in [0.15, 0.2) is 30.4 Å². The lowest BCUT2D eigenvalue weighted by Crippen LogP contribution is -2.36. The molecule has 0 radical (unpaired) electrons. The molecule has 3 rings (SSSR count). The summed E-state index contributed by atoms with van der Waals surface area (Å²) in [5.74, 6) is -1.61. The number of nitrogens with one attached hydrogen (secondary N) is 1. The van der Waals surface area contributed by atoms with E-state index >= 15 is 0 Å². The molecule has 0 saturated heterocycles. The first-order valence-electron chi connectivity index (χ1n) is 8.94. The van der Waals surface area contributed by atoms with E-state index in [1.54, 1.807) is 24.3 Å². The summed E-state index contributed by atoms with van der Waals surface area (Å²) in [5, 5.41) is 11.5. The SMILES string of the molecule is CC(=O)NC[C@H]1C=C(c2ccc(C3=CCN(C(=O)CO)CC3)c(F)c2)C(=O)O1. The Hall–Kier alpha value is -3.00. The highest BCUT2D eigenvalue weighted by atomic mass is 19.1. The van der Waals surface area contributed by atoms with Gasteiger partial charge in [-0.15, -0.1) is 0 Å². The second-order valence-electron chi connectivity index (χ2n) is 6.63. The first-order chi connectivity index (χ1) is 13.4. The molecule has 0 bridgehead atoms. The van der Waals surface area contributed by atoms with Crippen LogP contribution in [0.4, 0.5) is 4.39 Å². The van der Waals surface area contributed by atoms with Gasteiger partial charge in [0.05, 0.1) is 12.1 Å². The molecule has 0 spiro atoms. The zero-order chi connectivity index (χ0) is 20.3. The highest BCUT2D eigenvalue weighted by molar-refractivity contribution is 6.18. The van der Waals surface area contributed by atoms with Crippen LogP contribution >= 0.6 is 0 Å². The number of ether oxygens (including phenoxy) is 1. The van der Waals surface area contributed by atoms with Crippen molar-refractivity contribution in [3.63, 3.8) is 0 Å². The van der Waals surface area contributed by atoms with E-state index in [0.29, 0.717) is 30.6 Å². The monoisotopic (exact) mass is 388 g/mol. The maximum Gasteiger partial charge on any atom is 0.339 e. The van der Waals surface area contributed by atoms with Crippen molar-refractivity contribution in [3.8, 4) is 0 Å². The molecule has 2 amide bonds. The Morgan fingerprint density at radius 1 is 1.39 bits per heavy atom. The van der Waals surface area contributed by atoms with Gasteiger partial charge >= 0.3 is 5.97 Å². The summed E-state index contributed by atoms with van der Waals surface area (Å²) >= 11 is 0. The topological polar surface area (TPSA) is 95.9 Å². The number of carbonyl (C=O) groups is 3. The zero-order valence-corrected chi connectivity index (χ0v) is 15.4. The molecule has 0 aromatic heterocycles. The number of aliphatic hydroxyl groups excluding tert-OH is 1. The molecule has 2 N–H and O–H groups in total. The standard InChI is InChI=1S/C20H21FN2O5/c1-12(25)22-10-15-9-17(20(27)28-15)14-2-3-16(18(21)8-14)13-4-6-23(7-5-13)19(26)11-24/h2-4,8-9,15,24H,5-7,10-11H2,1H3,(H,22,25)/t15-/m1/s1. The molecular weight excluding hydrogens is 367 g/mol. The lowest BCUT2D eigenvalue weighted by Gasteiger charge is -2.26. The van der Waals surface area contributed by atoms with Gasteiger partial charge in [-0.25, -0.2) is 9.18 Å². The van der Waals surface area contributed by atoms with E-state index in [9.17, 15) is 18.8 Å². The van der Waals surface area contributed by atoms with E-state index in [2.05, 4.69) is 5.32 Å². The number of halogens is 1. The predicted molar refractivity (Wildman–Crippen MR) is 99.2 cm³/mol. The van der Waals surface area contributed by atoms with Gasteiger partial charge in [0.1, 0.15) is 18.5 Å². The van der Waals surface area contributed by atoms with Crippen LogP contribution in [0.2, 0.25) is 0 Å². The van der Waals surface area contributed by atoms with Gasteiger partial charge in [0.2, 0.25) is 11.8 Å². The van der Waals surface area contributed by atoms with Gasteiger partial charge in [0.25, 0.3) is 0 Å². The fourth-order valence-electron chi connectivity index (χ4n) is 3.23. The van der Waals surface area contributed by atoms with Crippen LogP contribution in [0.1, 0.15) is 24.5 Å². The van der Waals surface area contributed by atoms with Gasteiger partial charge in [-0.05, 0) is 29.7 Å². The number of benzene rings is 1. The van der Waals surface area contributed by atoms with Gasteiger partial charge in [-0.2, -0.15) is 0 Å². The van der Waals surface area contributed by atoms with Crippen LogP contribution in [0.3, 0.4) is 0 Å². The van der Waals surface area contributed by atoms with Gasteiger partial charge < -0.3 is 20.1 Å². The molecule has 1 atom stereocenters. The third-order valence-corrected chi connectivity index (χ3v) is 4.71. The molecule has 0 fully saturated rings. The maximum atomic E-state index is 14.7. The molecule has 0 unspecified atom stereocenters. The number of hydrogen-bond acceptors (Lipinski definition) is 5. The molecule has 7 nitrogen and oxygen atoms in total. The number of rotatable bonds is 5. The Morgan fingerprint density at radius 3 is 2.79 bits per heavy atom. The minimum Gasteiger partial charge on any atom is -0.453 e. The van der Waals surface area contributed by atoms with E-state index in [1.165, 1.54) is 17.9 Å². The Labute approximate surface area is 161 Å². The van der Waals surface area contributed by atoms with Crippen LogP contribution in [0.5, 0.6) is 0 Å². The summed E-state index contributed by atoms with van der Waals surface area (Å²) < 4.78 is 19.9. The summed E-state index contributed by atoms with van der Waals surface area (Å²) in [6.45, 7) is 1.72. The molecule has 2 heterocycles. The highest BCUT2D eigenvalue weighted by Crippen LogP contribution is 2.29.